The van der Waals surface area contributed by atoms with E-state index in [0.717, 1.165) is 0 Å². The summed E-state index contributed by atoms with van der Waals surface area (Å²) in [5.74, 6) is -0.429. The molecule has 3 rings (SSSR count). The number of hydrogen-bond acceptors (Lipinski definition) is 3. The third-order valence-corrected chi connectivity index (χ3v) is 4.42. The Morgan fingerprint density at radius 3 is 2.38 bits per heavy atom. The number of H-pyrrole nitrogens is 1. The van der Waals surface area contributed by atoms with Crippen molar-refractivity contribution in [3.63, 3.8) is 0 Å². The van der Waals surface area contributed by atoms with Crippen molar-refractivity contribution >= 4 is 17.7 Å². The molecular formula is C19H22N4O3. The lowest BCUT2D eigenvalue weighted by molar-refractivity contribution is -0.129. The highest BCUT2D eigenvalue weighted by Gasteiger charge is 2.23. The Morgan fingerprint density at radius 2 is 1.65 bits per heavy atom. The molecule has 1 fully saturated rings. The van der Waals surface area contributed by atoms with Crippen molar-refractivity contribution in [3.8, 4) is 0 Å². The maximum atomic E-state index is 12.4. The summed E-state index contributed by atoms with van der Waals surface area (Å²) < 4.78 is 0. The summed E-state index contributed by atoms with van der Waals surface area (Å²) in [5.41, 5.74) is 1.15. The second kappa shape index (κ2) is 8.33. The minimum absolute atomic E-state index is 0.0297. The van der Waals surface area contributed by atoms with E-state index < -0.39 is 0 Å². The summed E-state index contributed by atoms with van der Waals surface area (Å²) in [4.78, 5) is 43.2. The van der Waals surface area contributed by atoms with E-state index >= 15 is 0 Å². The Balaban J connectivity index is 1.50. The van der Waals surface area contributed by atoms with E-state index in [1.807, 2.05) is 6.07 Å². The van der Waals surface area contributed by atoms with Crippen LogP contribution in [0.2, 0.25) is 0 Å². The Morgan fingerprint density at radius 1 is 0.923 bits per heavy atom. The monoisotopic (exact) mass is 354 g/mol. The number of aromatic amines is 1. The van der Waals surface area contributed by atoms with Gasteiger partial charge in [0, 0.05) is 44.1 Å². The number of carbonyl (C=O) groups is 3. The number of aromatic nitrogens is 1. The molecule has 7 heteroatoms. The highest BCUT2D eigenvalue weighted by atomic mass is 16.2. The van der Waals surface area contributed by atoms with Crippen molar-refractivity contribution in [1.82, 2.24) is 20.1 Å². The molecule has 1 aliphatic heterocycles. The SMILES string of the molecule is O=C(NCC(=O)N1CCCN(C(=O)c2cc[nH]c2)CC1)c1ccccc1. The molecule has 2 aromatic rings. The van der Waals surface area contributed by atoms with Gasteiger partial charge in [-0.25, -0.2) is 0 Å². The number of hydrogen-bond donors (Lipinski definition) is 2. The van der Waals surface area contributed by atoms with Crippen LogP contribution in [-0.4, -0.2) is 65.2 Å². The van der Waals surface area contributed by atoms with Gasteiger partial charge in [0.1, 0.15) is 0 Å². The lowest BCUT2D eigenvalue weighted by Gasteiger charge is -2.22. The van der Waals surface area contributed by atoms with Crippen LogP contribution >= 0.6 is 0 Å². The fraction of sp³-hybridized carbons (Fsp3) is 0.316. The van der Waals surface area contributed by atoms with Crippen LogP contribution in [0.1, 0.15) is 27.1 Å². The van der Waals surface area contributed by atoms with Gasteiger partial charge in [0.05, 0.1) is 12.1 Å². The van der Waals surface area contributed by atoms with Crippen molar-refractivity contribution in [1.29, 1.82) is 0 Å². The van der Waals surface area contributed by atoms with Gasteiger partial charge >= 0.3 is 0 Å². The second-order valence-corrected chi connectivity index (χ2v) is 6.17. The fourth-order valence-electron chi connectivity index (χ4n) is 2.97. The number of nitrogens with one attached hydrogen (secondary N) is 2. The lowest BCUT2D eigenvalue weighted by atomic mass is 10.2. The zero-order chi connectivity index (χ0) is 18.4. The van der Waals surface area contributed by atoms with Gasteiger partial charge in [0.15, 0.2) is 0 Å². The summed E-state index contributed by atoms with van der Waals surface area (Å²) in [7, 11) is 0. The molecule has 0 unspecified atom stereocenters. The van der Waals surface area contributed by atoms with Crippen LogP contribution < -0.4 is 5.32 Å². The number of amides is 3. The first-order valence-corrected chi connectivity index (χ1v) is 8.68. The molecule has 7 nitrogen and oxygen atoms in total. The van der Waals surface area contributed by atoms with Crippen molar-refractivity contribution in [2.75, 3.05) is 32.7 Å². The molecule has 1 aromatic carbocycles. The molecule has 3 amide bonds. The molecule has 1 saturated heterocycles. The predicted molar refractivity (Wildman–Crippen MR) is 96.7 cm³/mol. The third kappa shape index (κ3) is 4.30. The summed E-state index contributed by atoms with van der Waals surface area (Å²) in [6, 6.07) is 10.5. The van der Waals surface area contributed by atoms with E-state index in [4.69, 9.17) is 0 Å². The Hall–Kier alpha value is -3.09. The van der Waals surface area contributed by atoms with E-state index in [-0.39, 0.29) is 24.3 Å². The van der Waals surface area contributed by atoms with Crippen LogP contribution in [0.15, 0.2) is 48.8 Å². The fourth-order valence-corrected chi connectivity index (χ4v) is 2.97. The molecule has 1 aliphatic rings. The normalized spacial score (nSPS) is 14.6. The summed E-state index contributed by atoms with van der Waals surface area (Å²) in [6.07, 6.45) is 4.11. The van der Waals surface area contributed by atoms with Gasteiger partial charge < -0.3 is 20.1 Å². The number of nitrogens with zero attached hydrogens (tertiary/aromatic N) is 2. The van der Waals surface area contributed by atoms with Gasteiger partial charge in [0.2, 0.25) is 5.91 Å². The Bertz CT molecular complexity index is 758. The average molecular weight is 354 g/mol. The van der Waals surface area contributed by atoms with Crippen LogP contribution in [0.4, 0.5) is 0 Å². The summed E-state index contributed by atoms with van der Waals surface area (Å²) >= 11 is 0. The smallest absolute Gasteiger partial charge is 0.255 e. The van der Waals surface area contributed by atoms with E-state index in [1.54, 1.807) is 52.5 Å². The lowest BCUT2D eigenvalue weighted by Crippen LogP contribution is -2.42. The first kappa shape index (κ1) is 17.7. The summed E-state index contributed by atoms with van der Waals surface area (Å²) in [6.45, 7) is 2.11. The molecule has 26 heavy (non-hydrogen) atoms. The Labute approximate surface area is 152 Å². The number of carbonyl (C=O) groups excluding carboxylic acids is 3. The van der Waals surface area contributed by atoms with Crippen LogP contribution in [0.3, 0.4) is 0 Å². The van der Waals surface area contributed by atoms with Gasteiger partial charge in [-0.15, -0.1) is 0 Å². The zero-order valence-electron chi connectivity index (χ0n) is 14.5. The van der Waals surface area contributed by atoms with Crippen molar-refractivity contribution in [3.05, 3.63) is 59.9 Å². The van der Waals surface area contributed by atoms with Crippen molar-refractivity contribution < 1.29 is 14.4 Å². The van der Waals surface area contributed by atoms with Crippen LogP contribution in [-0.2, 0) is 4.79 Å². The van der Waals surface area contributed by atoms with Gasteiger partial charge in [-0.3, -0.25) is 14.4 Å². The molecule has 1 aromatic heterocycles. The van der Waals surface area contributed by atoms with Gasteiger partial charge in [-0.05, 0) is 24.6 Å². The zero-order valence-corrected chi connectivity index (χ0v) is 14.5. The third-order valence-electron chi connectivity index (χ3n) is 4.42. The molecule has 2 N–H and O–H groups in total. The molecule has 0 aliphatic carbocycles. The molecule has 0 saturated carbocycles. The molecule has 0 bridgehead atoms. The van der Waals surface area contributed by atoms with Crippen LogP contribution in [0.25, 0.3) is 0 Å². The van der Waals surface area contributed by atoms with Crippen LogP contribution in [0.5, 0.6) is 0 Å². The molecule has 2 heterocycles. The average Bonchev–Trinajstić information content (AvgIpc) is 3.10. The quantitative estimate of drug-likeness (QED) is 0.863. The molecule has 0 atom stereocenters. The first-order valence-electron chi connectivity index (χ1n) is 8.68. The largest absolute Gasteiger partial charge is 0.367 e. The molecule has 0 radical (unpaired) electrons. The predicted octanol–water partition coefficient (Wildman–Crippen LogP) is 1.12. The minimum atomic E-state index is -0.266. The second-order valence-electron chi connectivity index (χ2n) is 6.17. The highest BCUT2D eigenvalue weighted by Crippen LogP contribution is 2.09. The van der Waals surface area contributed by atoms with Gasteiger partial charge in [-0.1, -0.05) is 18.2 Å². The number of benzene rings is 1. The first-order chi connectivity index (χ1) is 12.6. The van der Waals surface area contributed by atoms with Crippen molar-refractivity contribution in [2.24, 2.45) is 0 Å². The van der Waals surface area contributed by atoms with Crippen molar-refractivity contribution in [2.45, 2.75) is 6.42 Å². The summed E-state index contributed by atoms with van der Waals surface area (Å²) in [5, 5.41) is 2.66. The van der Waals surface area contributed by atoms with Crippen LogP contribution in [0, 0.1) is 0 Å². The van der Waals surface area contributed by atoms with E-state index in [1.165, 1.54) is 0 Å². The van der Waals surface area contributed by atoms with E-state index in [2.05, 4.69) is 10.3 Å². The maximum Gasteiger partial charge on any atom is 0.255 e. The molecular weight excluding hydrogens is 332 g/mol. The van der Waals surface area contributed by atoms with E-state index in [9.17, 15) is 14.4 Å². The maximum absolute atomic E-state index is 12.4. The topological polar surface area (TPSA) is 85.5 Å². The minimum Gasteiger partial charge on any atom is -0.367 e. The highest BCUT2D eigenvalue weighted by molar-refractivity contribution is 5.96. The van der Waals surface area contributed by atoms with Gasteiger partial charge in [-0.2, -0.15) is 0 Å². The number of rotatable bonds is 4. The van der Waals surface area contributed by atoms with E-state index in [0.29, 0.717) is 43.7 Å². The molecule has 0 spiro atoms. The Kier molecular flexibility index (Phi) is 5.68. The van der Waals surface area contributed by atoms with Gasteiger partial charge in [0.25, 0.3) is 11.8 Å². The molecule has 136 valence electrons. The standard InChI is InChI=1S/C19H22N4O3/c24-17(14-21-18(25)15-5-2-1-3-6-15)22-9-4-10-23(12-11-22)19(26)16-7-8-20-13-16/h1-3,5-8,13,20H,4,9-12,14H2,(H,21,25).